The smallest absolute Gasteiger partial charge is 0.242 e. The Hall–Kier alpha value is -2.39. The minimum Gasteiger partial charge on any atom is -0.354 e. The number of nitrogens with zero attached hydrogens (tertiary/aromatic N) is 2. The van der Waals surface area contributed by atoms with Crippen LogP contribution in [0.5, 0.6) is 0 Å². The summed E-state index contributed by atoms with van der Waals surface area (Å²) >= 11 is 3.42. The zero-order valence-electron chi connectivity index (χ0n) is 21.0. The summed E-state index contributed by atoms with van der Waals surface area (Å²) in [5, 5.41) is 2.91. The number of hydrogen-bond donors (Lipinski definition) is 1. The first-order valence-corrected chi connectivity index (χ1v) is 14.5. The minimum absolute atomic E-state index is 0.126. The van der Waals surface area contributed by atoms with Crippen molar-refractivity contribution in [1.82, 2.24) is 10.2 Å². The van der Waals surface area contributed by atoms with Gasteiger partial charge >= 0.3 is 0 Å². The molecule has 192 valence electrons. The Kier molecular flexibility index (Phi) is 11.2. The van der Waals surface area contributed by atoms with E-state index >= 15 is 0 Å². The molecule has 0 spiro atoms. The van der Waals surface area contributed by atoms with E-state index in [9.17, 15) is 18.0 Å². The van der Waals surface area contributed by atoms with Gasteiger partial charge in [-0.1, -0.05) is 53.5 Å². The molecule has 1 unspecified atom stereocenters. The summed E-state index contributed by atoms with van der Waals surface area (Å²) in [6.45, 7) is 6.72. The monoisotopic (exact) mass is 565 g/mol. The number of sulfonamides is 1. The fourth-order valence-corrected chi connectivity index (χ4v) is 4.91. The number of aryl methyl sites for hydroxylation is 1. The molecule has 0 aromatic heterocycles. The van der Waals surface area contributed by atoms with Gasteiger partial charge in [0.1, 0.15) is 6.04 Å². The molecule has 0 aliphatic heterocycles. The van der Waals surface area contributed by atoms with Crippen molar-refractivity contribution < 1.29 is 18.0 Å². The highest BCUT2D eigenvalue weighted by atomic mass is 79.9. The van der Waals surface area contributed by atoms with Gasteiger partial charge in [0, 0.05) is 30.5 Å². The molecule has 1 atom stereocenters. The molecule has 1 N–H and O–H groups in total. The minimum atomic E-state index is -3.51. The number of anilines is 1. The van der Waals surface area contributed by atoms with Crippen molar-refractivity contribution >= 4 is 43.5 Å². The molecule has 0 aliphatic rings. The number of carbonyl (C=O) groups excluding carboxylic acids is 2. The zero-order valence-corrected chi connectivity index (χ0v) is 23.4. The van der Waals surface area contributed by atoms with Crippen LogP contribution >= 0.6 is 15.9 Å². The number of benzene rings is 2. The molecule has 7 nitrogen and oxygen atoms in total. The van der Waals surface area contributed by atoms with Crippen LogP contribution in [0, 0.1) is 6.92 Å². The van der Waals surface area contributed by atoms with Gasteiger partial charge in [0.15, 0.2) is 0 Å². The fraction of sp³-hybridized carbons (Fsp3) is 0.462. The third-order valence-electron chi connectivity index (χ3n) is 5.70. The Morgan fingerprint density at radius 2 is 1.77 bits per heavy atom. The molecule has 0 saturated carbocycles. The molecule has 2 aromatic rings. The predicted molar refractivity (Wildman–Crippen MR) is 145 cm³/mol. The fourth-order valence-electron chi connectivity index (χ4n) is 3.69. The summed E-state index contributed by atoms with van der Waals surface area (Å²) in [6.07, 6.45) is 3.47. The summed E-state index contributed by atoms with van der Waals surface area (Å²) in [5.41, 5.74) is 2.44. The molecule has 9 heteroatoms. The van der Waals surface area contributed by atoms with Gasteiger partial charge in [0.2, 0.25) is 21.8 Å². The van der Waals surface area contributed by atoms with Gasteiger partial charge in [-0.25, -0.2) is 8.42 Å². The SMILES string of the molecule is CCCCNC(=O)C(C)N(Cc1ccc(Br)cc1)C(=O)CCCN(c1cccc(C)c1)S(C)(=O)=O. The second-order valence-corrected chi connectivity index (χ2v) is 11.6. The van der Waals surface area contributed by atoms with E-state index in [-0.39, 0.29) is 24.8 Å². The van der Waals surface area contributed by atoms with Gasteiger partial charge < -0.3 is 10.2 Å². The van der Waals surface area contributed by atoms with Crippen molar-refractivity contribution in [1.29, 1.82) is 0 Å². The molecular formula is C26H36BrN3O4S. The average molecular weight is 567 g/mol. The Morgan fingerprint density at radius 1 is 1.09 bits per heavy atom. The lowest BCUT2D eigenvalue weighted by Crippen LogP contribution is -2.47. The van der Waals surface area contributed by atoms with Crippen molar-refractivity contribution in [3.63, 3.8) is 0 Å². The lowest BCUT2D eigenvalue weighted by Gasteiger charge is -2.29. The molecule has 2 amide bonds. The van der Waals surface area contributed by atoms with Gasteiger partial charge in [-0.2, -0.15) is 0 Å². The van der Waals surface area contributed by atoms with E-state index in [1.165, 1.54) is 10.6 Å². The zero-order chi connectivity index (χ0) is 26.0. The standard InChI is InChI=1S/C26H36BrN3O4S/c1-5-6-16-28-26(32)21(3)29(19-22-12-14-23(27)15-13-22)25(31)11-8-17-30(35(4,33)34)24-10-7-9-20(2)18-24/h7,9-10,12-15,18,21H,5-6,8,11,16-17,19H2,1-4H3,(H,28,32). The van der Waals surface area contributed by atoms with Crippen molar-refractivity contribution in [3.8, 4) is 0 Å². The van der Waals surface area contributed by atoms with Crippen LogP contribution in [0.3, 0.4) is 0 Å². The van der Waals surface area contributed by atoms with E-state index in [1.807, 2.05) is 49.4 Å². The number of halogens is 1. The average Bonchev–Trinajstić information content (AvgIpc) is 2.80. The number of nitrogens with one attached hydrogen (secondary N) is 1. The van der Waals surface area contributed by atoms with Crippen LogP contribution in [0.1, 0.15) is 50.7 Å². The van der Waals surface area contributed by atoms with Crippen LogP contribution in [0.2, 0.25) is 0 Å². The second kappa shape index (κ2) is 13.6. The number of rotatable bonds is 13. The first-order chi connectivity index (χ1) is 16.5. The molecule has 0 fully saturated rings. The van der Waals surface area contributed by atoms with Crippen molar-refractivity contribution in [2.45, 2.75) is 59.0 Å². The molecule has 0 aliphatic carbocycles. The number of hydrogen-bond acceptors (Lipinski definition) is 4. The maximum Gasteiger partial charge on any atom is 0.242 e. The Labute approximate surface area is 218 Å². The van der Waals surface area contributed by atoms with Crippen LogP contribution in [0.4, 0.5) is 5.69 Å². The van der Waals surface area contributed by atoms with Gasteiger partial charge in [0.05, 0.1) is 11.9 Å². The highest BCUT2D eigenvalue weighted by Crippen LogP contribution is 2.20. The first kappa shape index (κ1) is 28.8. The molecular weight excluding hydrogens is 530 g/mol. The van der Waals surface area contributed by atoms with Gasteiger partial charge in [-0.15, -0.1) is 0 Å². The van der Waals surface area contributed by atoms with Crippen LogP contribution < -0.4 is 9.62 Å². The van der Waals surface area contributed by atoms with Gasteiger partial charge in [-0.3, -0.25) is 13.9 Å². The largest absolute Gasteiger partial charge is 0.354 e. The van der Waals surface area contributed by atoms with Gasteiger partial charge in [-0.05, 0) is 62.1 Å². The molecule has 0 bridgehead atoms. The summed E-state index contributed by atoms with van der Waals surface area (Å²) < 4.78 is 27.1. The third kappa shape index (κ3) is 9.29. The molecule has 0 heterocycles. The van der Waals surface area contributed by atoms with Crippen LogP contribution in [0.15, 0.2) is 53.0 Å². The van der Waals surface area contributed by atoms with Crippen molar-refractivity contribution in [3.05, 3.63) is 64.1 Å². The van der Waals surface area contributed by atoms with Crippen LogP contribution in [-0.4, -0.2) is 50.5 Å². The Balaban J connectivity index is 2.13. The summed E-state index contributed by atoms with van der Waals surface area (Å²) in [4.78, 5) is 27.6. The Bertz CT molecular complexity index is 1090. The van der Waals surface area contributed by atoms with E-state index < -0.39 is 16.1 Å². The molecule has 0 radical (unpaired) electrons. The molecule has 2 aromatic carbocycles. The lowest BCUT2D eigenvalue weighted by molar-refractivity contribution is -0.140. The van der Waals surface area contributed by atoms with E-state index in [0.29, 0.717) is 25.2 Å². The van der Waals surface area contributed by atoms with Crippen molar-refractivity contribution in [2.24, 2.45) is 0 Å². The lowest BCUT2D eigenvalue weighted by atomic mass is 10.1. The maximum atomic E-state index is 13.3. The summed E-state index contributed by atoms with van der Waals surface area (Å²) in [5.74, 6) is -0.384. The van der Waals surface area contributed by atoms with E-state index in [2.05, 4.69) is 28.2 Å². The van der Waals surface area contributed by atoms with Gasteiger partial charge in [0.25, 0.3) is 0 Å². The summed E-state index contributed by atoms with van der Waals surface area (Å²) in [7, 11) is -3.51. The molecule has 35 heavy (non-hydrogen) atoms. The highest BCUT2D eigenvalue weighted by molar-refractivity contribution is 9.10. The normalized spacial score (nSPS) is 12.1. The highest BCUT2D eigenvalue weighted by Gasteiger charge is 2.26. The topological polar surface area (TPSA) is 86.8 Å². The summed E-state index contributed by atoms with van der Waals surface area (Å²) in [6, 6.07) is 14.2. The first-order valence-electron chi connectivity index (χ1n) is 11.9. The van der Waals surface area contributed by atoms with Crippen molar-refractivity contribution in [2.75, 3.05) is 23.7 Å². The quantitative estimate of drug-likeness (QED) is 0.358. The number of unbranched alkanes of at least 4 members (excludes halogenated alkanes) is 1. The molecule has 0 saturated heterocycles. The molecule has 2 rings (SSSR count). The maximum absolute atomic E-state index is 13.3. The van der Waals surface area contributed by atoms with Crippen LogP contribution in [0.25, 0.3) is 0 Å². The second-order valence-electron chi connectivity index (χ2n) is 8.75. The van der Waals surface area contributed by atoms with E-state index in [0.717, 1.165) is 28.4 Å². The third-order valence-corrected chi connectivity index (χ3v) is 7.43. The Morgan fingerprint density at radius 3 is 2.37 bits per heavy atom. The predicted octanol–water partition coefficient (Wildman–Crippen LogP) is 4.64. The number of carbonyl (C=O) groups is 2. The number of amides is 2. The van der Waals surface area contributed by atoms with E-state index in [1.54, 1.807) is 17.9 Å². The van der Waals surface area contributed by atoms with E-state index in [4.69, 9.17) is 0 Å². The van der Waals surface area contributed by atoms with Crippen LogP contribution in [-0.2, 0) is 26.2 Å².